The molecule has 0 aliphatic rings. The zero-order chi connectivity index (χ0) is 56.4. The van der Waals surface area contributed by atoms with Crippen molar-refractivity contribution in [1.82, 2.24) is 9.55 Å². The first-order valence-electron chi connectivity index (χ1n) is 29.6. The van der Waals surface area contributed by atoms with Crippen LogP contribution in [0.25, 0.3) is 179 Å². The molecule has 3 heteroatoms. The molecule has 0 fully saturated rings. The summed E-state index contributed by atoms with van der Waals surface area (Å²) in [5.41, 5.74) is 17.3. The number of benzene rings is 15. The van der Waals surface area contributed by atoms with Crippen molar-refractivity contribution in [1.29, 1.82) is 0 Å². The highest BCUT2D eigenvalue weighted by molar-refractivity contribution is 7.27. The fourth-order valence-corrected chi connectivity index (χ4v) is 15.6. The van der Waals surface area contributed by atoms with Crippen LogP contribution in [-0.4, -0.2) is 9.55 Å². The number of hydrogen-bond donors (Lipinski definition) is 0. The molecule has 18 rings (SSSR count). The van der Waals surface area contributed by atoms with Gasteiger partial charge >= 0.3 is 0 Å². The van der Waals surface area contributed by atoms with Crippen LogP contribution in [0.4, 0.5) is 0 Å². The van der Waals surface area contributed by atoms with Gasteiger partial charge in [-0.1, -0.05) is 231 Å². The molecule has 0 unspecified atom stereocenters. The van der Waals surface area contributed by atoms with Gasteiger partial charge in [0.1, 0.15) is 0 Å². The van der Waals surface area contributed by atoms with Crippen LogP contribution < -0.4 is 0 Å². The number of hydrogen-bond acceptors (Lipinski definition) is 2. The van der Waals surface area contributed by atoms with E-state index in [4.69, 9.17) is 4.98 Å². The molecule has 0 atom stereocenters. The molecular formula is C83H50N2S. The minimum atomic E-state index is 0.945. The lowest BCUT2D eigenvalue weighted by molar-refractivity contribution is 1.18. The van der Waals surface area contributed by atoms with Gasteiger partial charge in [0.15, 0.2) is 0 Å². The maximum atomic E-state index is 5.30. The molecule has 0 spiro atoms. The molecule has 0 bridgehead atoms. The second kappa shape index (κ2) is 19.3. The molecule has 0 saturated heterocycles. The molecule has 3 heterocycles. The molecule has 3 aromatic heterocycles. The Hall–Kier alpha value is -11.0. The van der Waals surface area contributed by atoms with E-state index in [1.807, 2.05) is 11.3 Å². The summed E-state index contributed by atoms with van der Waals surface area (Å²) in [4.78, 5) is 5.30. The summed E-state index contributed by atoms with van der Waals surface area (Å²) in [6.07, 6.45) is 2.09. The van der Waals surface area contributed by atoms with Gasteiger partial charge in [0.2, 0.25) is 0 Å². The van der Waals surface area contributed by atoms with Crippen LogP contribution in [0.3, 0.4) is 0 Å². The molecule has 0 N–H and O–H groups in total. The first-order valence-corrected chi connectivity index (χ1v) is 30.4. The van der Waals surface area contributed by atoms with E-state index in [1.165, 1.54) is 129 Å². The summed E-state index contributed by atoms with van der Waals surface area (Å²) in [5, 5.41) is 19.9. The Labute approximate surface area is 500 Å². The van der Waals surface area contributed by atoms with Crippen LogP contribution in [0.5, 0.6) is 0 Å². The third kappa shape index (κ3) is 7.55. The van der Waals surface area contributed by atoms with Crippen LogP contribution in [-0.2, 0) is 0 Å². The number of aromatic nitrogens is 2. The van der Waals surface area contributed by atoms with E-state index in [0.29, 0.717) is 0 Å². The van der Waals surface area contributed by atoms with Crippen LogP contribution in [0.15, 0.2) is 303 Å². The van der Waals surface area contributed by atoms with Gasteiger partial charge in [0.05, 0.1) is 16.7 Å². The van der Waals surface area contributed by atoms with E-state index in [9.17, 15) is 0 Å². The lowest BCUT2D eigenvalue weighted by atomic mass is 9.87. The molecule has 18 aromatic rings. The zero-order valence-electron chi connectivity index (χ0n) is 46.7. The van der Waals surface area contributed by atoms with Gasteiger partial charge < -0.3 is 4.57 Å². The summed E-state index contributed by atoms with van der Waals surface area (Å²) in [5.74, 6) is 0. The SMILES string of the molecule is c1ccc(-c2cccc3c2sc2c(-c4cccc(-c5cc6c7ccccc7c7ccccc7c6cn5)c4)c(-c4cc(-c5ccc6c7ccccc7c7ccccc7c6c5)cc(-c5ccc6c(c5)c5ccccc5n6-c5ccccc5)c4)ccc23)cc1. The van der Waals surface area contributed by atoms with Crippen molar-refractivity contribution in [2.75, 3.05) is 0 Å². The Bertz CT molecular complexity index is 5760. The number of para-hydroxylation sites is 2. The Morgan fingerprint density at radius 1 is 0.233 bits per heavy atom. The van der Waals surface area contributed by atoms with Gasteiger partial charge in [0, 0.05) is 59.3 Å². The van der Waals surface area contributed by atoms with Crippen molar-refractivity contribution in [3.63, 3.8) is 0 Å². The maximum absolute atomic E-state index is 5.30. The van der Waals surface area contributed by atoms with Gasteiger partial charge in [0.25, 0.3) is 0 Å². The average molecular weight is 1110 g/mol. The van der Waals surface area contributed by atoms with Gasteiger partial charge in [-0.2, -0.15) is 0 Å². The van der Waals surface area contributed by atoms with Crippen molar-refractivity contribution in [3.8, 4) is 72.6 Å². The standard InChI is InChI=1S/C83H50N2S/c1-3-19-51(20-4-1)61-34-18-35-72-73-41-40-60(81(83(73)86-82(61)72)55-22-17-21-54(43-55)78-49-75-68-31-13-10-27-64(68)65-28-11-14-32-69(65)77(75)50-84-78)58-45-56(52-37-39-70-66-29-8-7-25-62(66)63-26-9-12-30-67(63)74(70)47-52)44-57(46-58)53-38-42-80-76(48-53)71-33-15-16-36-79(71)85(80)59-23-5-2-6-24-59/h1-50H. The monoisotopic (exact) mass is 1110 g/mol. The molecule has 2 nitrogen and oxygen atoms in total. The van der Waals surface area contributed by atoms with E-state index < -0.39 is 0 Å². The highest BCUT2D eigenvalue weighted by Gasteiger charge is 2.22. The lowest BCUT2D eigenvalue weighted by Crippen LogP contribution is -1.93. The number of rotatable bonds is 7. The molecule has 0 amide bonds. The van der Waals surface area contributed by atoms with Crippen molar-refractivity contribution < 1.29 is 0 Å². The molecule has 0 saturated carbocycles. The predicted molar refractivity (Wildman–Crippen MR) is 369 cm³/mol. The van der Waals surface area contributed by atoms with Crippen molar-refractivity contribution in [3.05, 3.63) is 303 Å². The lowest BCUT2D eigenvalue weighted by Gasteiger charge is -2.17. The quantitative estimate of drug-likeness (QED) is 0.145. The number of nitrogens with zero attached hydrogens (tertiary/aromatic N) is 2. The molecule has 15 aromatic carbocycles. The topological polar surface area (TPSA) is 17.8 Å². The first kappa shape index (κ1) is 48.6. The fraction of sp³-hybridized carbons (Fsp3) is 0. The minimum absolute atomic E-state index is 0.945. The highest BCUT2D eigenvalue weighted by atomic mass is 32.1. The summed E-state index contributed by atoms with van der Waals surface area (Å²) in [7, 11) is 0. The van der Waals surface area contributed by atoms with Crippen molar-refractivity contribution >= 4 is 118 Å². The van der Waals surface area contributed by atoms with Gasteiger partial charge in [-0.15, -0.1) is 11.3 Å². The Morgan fingerprint density at radius 2 is 0.686 bits per heavy atom. The largest absolute Gasteiger partial charge is 0.309 e. The summed E-state index contributed by atoms with van der Waals surface area (Å²) >= 11 is 1.91. The summed E-state index contributed by atoms with van der Waals surface area (Å²) < 4.78 is 4.95. The van der Waals surface area contributed by atoms with Crippen molar-refractivity contribution in [2.45, 2.75) is 0 Å². The Balaban J connectivity index is 0.900. The maximum Gasteiger partial charge on any atom is 0.0708 e. The van der Waals surface area contributed by atoms with Crippen LogP contribution in [0, 0.1) is 0 Å². The van der Waals surface area contributed by atoms with E-state index in [0.717, 1.165) is 50.1 Å². The van der Waals surface area contributed by atoms with E-state index in [2.05, 4.69) is 308 Å². The third-order valence-electron chi connectivity index (χ3n) is 18.2. The molecular weight excluding hydrogens is 1060 g/mol. The van der Waals surface area contributed by atoms with Crippen LogP contribution in [0.2, 0.25) is 0 Å². The highest BCUT2D eigenvalue weighted by Crippen LogP contribution is 2.50. The first-order chi connectivity index (χ1) is 42.6. The number of thiophene rings is 1. The summed E-state index contributed by atoms with van der Waals surface area (Å²) in [6.45, 7) is 0. The molecule has 0 radical (unpaired) electrons. The van der Waals surface area contributed by atoms with Gasteiger partial charge in [-0.3, -0.25) is 4.98 Å². The van der Waals surface area contributed by atoms with Crippen LogP contribution >= 0.6 is 11.3 Å². The molecule has 398 valence electrons. The molecule has 86 heavy (non-hydrogen) atoms. The Morgan fingerprint density at radius 3 is 1.36 bits per heavy atom. The number of pyridine rings is 1. The summed E-state index contributed by atoms with van der Waals surface area (Å²) in [6, 6.07) is 110. The van der Waals surface area contributed by atoms with E-state index in [1.54, 1.807) is 0 Å². The zero-order valence-corrected chi connectivity index (χ0v) is 47.5. The minimum Gasteiger partial charge on any atom is -0.309 e. The Kier molecular flexibility index (Phi) is 10.9. The predicted octanol–water partition coefficient (Wildman–Crippen LogP) is 23.5. The van der Waals surface area contributed by atoms with Gasteiger partial charge in [-0.25, -0.2) is 0 Å². The second-order valence-corrected chi connectivity index (χ2v) is 23.9. The average Bonchev–Trinajstić information content (AvgIpc) is 1.74. The van der Waals surface area contributed by atoms with E-state index in [-0.39, 0.29) is 0 Å². The molecule has 0 aliphatic heterocycles. The van der Waals surface area contributed by atoms with Crippen molar-refractivity contribution in [2.24, 2.45) is 0 Å². The molecule has 0 aliphatic carbocycles. The fourth-order valence-electron chi connectivity index (χ4n) is 14.2. The van der Waals surface area contributed by atoms with Crippen LogP contribution in [0.1, 0.15) is 0 Å². The van der Waals surface area contributed by atoms with Gasteiger partial charge in [-0.05, 0) is 176 Å². The number of fused-ring (bicyclic) bond motifs is 18. The third-order valence-corrected chi connectivity index (χ3v) is 19.4. The van der Waals surface area contributed by atoms with E-state index >= 15 is 0 Å². The normalized spacial score (nSPS) is 12.0. The smallest absolute Gasteiger partial charge is 0.0708 e. The second-order valence-electron chi connectivity index (χ2n) is 22.9.